The Labute approximate surface area is 101 Å². The van der Waals surface area contributed by atoms with E-state index in [-0.39, 0.29) is 12.0 Å². The largest absolute Gasteiger partial charge is 0.374 e. The first-order valence-corrected chi connectivity index (χ1v) is 5.91. The molecule has 17 heavy (non-hydrogen) atoms. The van der Waals surface area contributed by atoms with E-state index in [4.69, 9.17) is 4.74 Å². The van der Waals surface area contributed by atoms with Crippen LogP contribution < -0.4 is 10.6 Å². The van der Waals surface area contributed by atoms with Crippen molar-refractivity contribution in [3.05, 3.63) is 23.5 Å². The molecule has 0 radical (unpaired) electrons. The molecular formula is C12H19N3O2. The summed E-state index contributed by atoms with van der Waals surface area (Å²) >= 11 is 0. The maximum atomic E-state index is 11.9. The fourth-order valence-electron chi connectivity index (χ4n) is 1.90. The van der Waals surface area contributed by atoms with Gasteiger partial charge in [0.2, 0.25) is 0 Å². The lowest BCUT2D eigenvalue weighted by Gasteiger charge is -2.23. The molecule has 0 spiro atoms. The lowest BCUT2D eigenvalue weighted by Crippen LogP contribution is -2.45. The average molecular weight is 237 g/mol. The van der Waals surface area contributed by atoms with Crippen molar-refractivity contribution >= 4 is 5.91 Å². The van der Waals surface area contributed by atoms with E-state index in [1.165, 1.54) is 0 Å². The summed E-state index contributed by atoms with van der Waals surface area (Å²) < 4.78 is 7.46. The van der Waals surface area contributed by atoms with E-state index in [1.807, 2.05) is 30.8 Å². The second-order valence-corrected chi connectivity index (χ2v) is 4.33. The number of amides is 1. The molecule has 1 aliphatic heterocycles. The van der Waals surface area contributed by atoms with Gasteiger partial charge in [-0.05, 0) is 13.0 Å². The van der Waals surface area contributed by atoms with Crippen molar-refractivity contribution in [3.8, 4) is 0 Å². The van der Waals surface area contributed by atoms with Crippen LogP contribution in [0.5, 0.6) is 0 Å². The molecule has 5 heteroatoms. The van der Waals surface area contributed by atoms with E-state index >= 15 is 0 Å². The molecule has 1 atom stereocenters. The van der Waals surface area contributed by atoms with Crippen LogP contribution in [0.3, 0.4) is 0 Å². The molecule has 1 amide bonds. The van der Waals surface area contributed by atoms with Crippen LogP contribution in [0.2, 0.25) is 0 Å². The first-order valence-electron chi connectivity index (χ1n) is 5.91. The van der Waals surface area contributed by atoms with Crippen LogP contribution >= 0.6 is 0 Å². The van der Waals surface area contributed by atoms with E-state index in [0.29, 0.717) is 13.2 Å². The van der Waals surface area contributed by atoms with Crippen LogP contribution in [0.4, 0.5) is 0 Å². The number of hydrogen-bond donors (Lipinski definition) is 2. The number of aryl methyl sites for hydroxylation is 1. The summed E-state index contributed by atoms with van der Waals surface area (Å²) in [7, 11) is 1.93. The topological polar surface area (TPSA) is 55.3 Å². The van der Waals surface area contributed by atoms with Crippen molar-refractivity contribution in [2.75, 3.05) is 26.2 Å². The molecule has 1 aromatic heterocycles. The smallest absolute Gasteiger partial charge is 0.253 e. The number of nitrogens with zero attached hydrogens (tertiary/aromatic N) is 1. The third kappa shape index (κ3) is 2.87. The van der Waals surface area contributed by atoms with E-state index < -0.39 is 0 Å². The normalized spacial score (nSPS) is 20.2. The minimum absolute atomic E-state index is 0.0303. The van der Waals surface area contributed by atoms with E-state index in [0.717, 1.165) is 24.3 Å². The Hall–Kier alpha value is -1.33. The van der Waals surface area contributed by atoms with Crippen LogP contribution in [0.25, 0.3) is 0 Å². The molecule has 0 aliphatic carbocycles. The molecule has 1 aliphatic rings. The summed E-state index contributed by atoms with van der Waals surface area (Å²) in [4.78, 5) is 11.9. The number of carbonyl (C=O) groups is 1. The van der Waals surface area contributed by atoms with E-state index in [2.05, 4.69) is 10.6 Å². The first-order chi connectivity index (χ1) is 8.18. The van der Waals surface area contributed by atoms with Gasteiger partial charge in [-0.15, -0.1) is 0 Å². The van der Waals surface area contributed by atoms with Crippen LogP contribution in [-0.2, 0) is 11.8 Å². The summed E-state index contributed by atoms with van der Waals surface area (Å²) in [5, 5.41) is 6.14. The van der Waals surface area contributed by atoms with Gasteiger partial charge in [-0.3, -0.25) is 4.79 Å². The molecular weight excluding hydrogens is 218 g/mol. The Balaban J connectivity index is 1.86. The Morgan fingerprint density at radius 1 is 1.71 bits per heavy atom. The van der Waals surface area contributed by atoms with Gasteiger partial charge >= 0.3 is 0 Å². The third-order valence-corrected chi connectivity index (χ3v) is 3.12. The lowest BCUT2D eigenvalue weighted by molar-refractivity contribution is 0.0287. The number of morpholine rings is 1. The van der Waals surface area contributed by atoms with Gasteiger partial charge in [-0.2, -0.15) is 0 Å². The van der Waals surface area contributed by atoms with Crippen molar-refractivity contribution in [3.63, 3.8) is 0 Å². The van der Waals surface area contributed by atoms with Gasteiger partial charge in [0, 0.05) is 38.6 Å². The molecule has 1 aromatic rings. The van der Waals surface area contributed by atoms with Crippen molar-refractivity contribution in [2.24, 2.45) is 7.05 Å². The zero-order chi connectivity index (χ0) is 12.3. The maximum Gasteiger partial charge on any atom is 0.253 e. The highest BCUT2D eigenvalue weighted by Gasteiger charge is 2.16. The van der Waals surface area contributed by atoms with Crippen LogP contribution in [0, 0.1) is 6.92 Å². The summed E-state index contributed by atoms with van der Waals surface area (Å²) in [5.41, 5.74) is 1.71. The highest BCUT2D eigenvalue weighted by atomic mass is 16.5. The van der Waals surface area contributed by atoms with Gasteiger partial charge < -0.3 is 19.9 Å². The predicted octanol–water partition coefficient (Wildman–Crippen LogP) is 0.0517. The quantitative estimate of drug-likeness (QED) is 0.781. The number of rotatable bonds is 3. The monoisotopic (exact) mass is 237 g/mol. The Morgan fingerprint density at radius 3 is 3.12 bits per heavy atom. The summed E-state index contributed by atoms with van der Waals surface area (Å²) in [5.74, 6) is -0.0303. The number of carbonyl (C=O) groups excluding carboxylic acids is 1. The molecule has 0 bridgehead atoms. The Morgan fingerprint density at radius 2 is 2.53 bits per heavy atom. The minimum Gasteiger partial charge on any atom is -0.374 e. The molecule has 2 rings (SSSR count). The first kappa shape index (κ1) is 12.1. The molecule has 94 valence electrons. The molecule has 2 N–H and O–H groups in total. The molecule has 1 fully saturated rings. The van der Waals surface area contributed by atoms with Crippen LogP contribution in [0.15, 0.2) is 12.3 Å². The molecule has 1 saturated heterocycles. The summed E-state index contributed by atoms with van der Waals surface area (Å²) in [6.07, 6.45) is 1.97. The third-order valence-electron chi connectivity index (χ3n) is 3.12. The maximum absolute atomic E-state index is 11.9. The second kappa shape index (κ2) is 5.33. The van der Waals surface area contributed by atoms with Gasteiger partial charge in [-0.1, -0.05) is 0 Å². The zero-order valence-electron chi connectivity index (χ0n) is 10.3. The van der Waals surface area contributed by atoms with E-state index in [9.17, 15) is 4.79 Å². The predicted molar refractivity (Wildman–Crippen MR) is 65.1 cm³/mol. The highest BCUT2D eigenvalue weighted by molar-refractivity contribution is 5.95. The molecule has 0 unspecified atom stereocenters. The second-order valence-electron chi connectivity index (χ2n) is 4.33. The fourth-order valence-corrected chi connectivity index (χ4v) is 1.90. The SMILES string of the molecule is Cc1c(C(=O)NC[C@@H]2CNCCO2)ccn1C. The highest BCUT2D eigenvalue weighted by Crippen LogP contribution is 2.08. The van der Waals surface area contributed by atoms with Crippen molar-refractivity contribution < 1.29 is 9.53 Å². The lowest BCUT2D eigenvalue weighted by atomic mass is 10.2. The fraction of sp³-hybridized carbons (Fsp3) is 0.583. The van der Waals surface area contributed by atoms with Crippen molar-refractivity contribution in [1.82, 2.24) is 15.2 Å². The average Bonchev–Trinajstić information content (AvgIpc) is 2.69. The molecule has 5 nitrogen and oxygen atoms in total. The zero-order valence-corrected chi connectivity index (χ0v) is 10.3. The van der Waals surface area contributed by atoms with E-state index in [1.54, 1.807) is 0 Å². The number of aromatic nitrogens is 1. The summed E-state index contributed by atoms with van der Waals surface area (Å²) in [6, 6.07) is 1.84. The number of hydrogen-bond acceptors (Lipinski definition) is 3. The van der Waals surface area contributed by atoms with Crippen molar-refractivity contribution in [2.45, 2.75) is 13.0 Å². The van der Waals surface area contributed by atoms with Gasteiger partial charge in [0.1, 0.15) is 0 Å². The standard InChI is InChI=1S/C12H19N3O2/c1-9-11(3-5-15(9)2)12(16)14-8-10-7-13-4-6-17-10/h3,5,10,13H,4,6-8H2,1-2H3,(H,14,16)/t10-/m0/s1. The van der Waals surface area contributed by atoms with Crippen molar-refractivity contribution in [1.29, 1.82) is 0 Å². The van der Waals surface area contributed by atoms with Crippen LogP contribution in [0.1, 0.15) is 16.1 Å². The number of ether oxygens (including phenoxy) is 1. The molecule has 0 aromatic carbocycles. The van der Waals surface area contributed by atoms with Crippen LogP contribution in [-0.4, -0.2) is 42.8 Å². The van der Waals surface area contributed by atoms with Gasteiger partial charge in [0.15, 0.2) is 0 Å². The van der Waals surface area contributed by atoms with Gasteiger partial charge in [-0.25, -0.2) is 0 Å². The minimum atomic E-state index is -0.0303. The molecule has 0 saturated carbocycles. The molecule has 2 heterocycles. The van der Waals surface area contributed by atoms with Gasteiger partial charge in [0.25, 0.3) is 5.91 Å². The Kier molecular flexibility index (Phi) is 3.81. The Bertz CT molecular complexity index is 394. The summed E-state index contributed by atoms with van der Waals surface area (Å²) in [6.45, 7) is 4.90. The van der Waals surface area contributed by atoms with Gasteiger partial charge in [0.05, 0.1) is 18.3 Å². The number of nitrogens with one attached hydrogen (secondary N) is 2.